The van der Waals surface area contributed by atoms with Crippen LogP contribution in [0.5, 0.6) is 0 Å². The number of hydrogen-bond donors (Lipinski definition) is 0. The van der Waals surface area contributed by atoms with E-state index in [0.29, 0.717) is 28.2 Å². The second-order valence-electron chi connectivity index (χ2n) is 7.34. The second kappa shape index (κ2) is 9.19. The summed E-state index contributed by atoms with van der Waals surface area (Å²) in [6, 6.07) is 17.2. The van der Waals surface area contributed by atoms with E-state index in [1.54, 1.807) is 0 Å². The molecule has 0 aliphatic carbocycles. The van der Waals surface area contributed by atoms with Crippen molar-refractivity contribution in [2.45, 2.75) is 25.7 Å². The molecule has 30 heavy (non-hydrogen) atoms. The Morgan fingerprint density at radius 2 is 1.63 bits per heavy atom. The molecule has 0 aliphatic heterocycles. The zero-order chi connectivity index (χ0) is 20.9. The molecule has 0 amide bonds. The van der Waals surface area contributed by atoms with Crippen LogP contribution in [-0.4, -0.2) is 9.97 Å². The zero-order valence-corrected chi connectivity index (χ0v) is 17.4. The number of halogens is 2. The lowest BCUT2D eigenvalue weighted by molar-refractivity contribution is 0.620. The molecule has 4 rings (SSSR count). The van der Waals surface area contributed by atoms with Gasteiger partial charge in [-0.05, 0) is 66.0 Å². The first-order chi connectivity index (χ1) is 14.6. The normalized spacial score (nSPS) is 11.0. The molecule has 0 bridgehead atoms. The highest BCUT2D eigenvalue weighted by atomic mass is 35.5. The molecule has 0 saturated heterocycles. The monoisotopic (exact) mass is 416 g/mol. The van der Waals surface area contributed by atoms with Gasteiger partial charge in [0.15, 0.2) is 5.82 Å². The van der Waals surface area contributed by atoms with E-state index in [-0.39, 0.29) is 5.82 Å². The Bertz CT molecular complexity index is 1170. The molecular weight excluding hydrogens is 395 g/mol. The quantitative estimate of drug-likeness (QED) is 0.303. The van der Waals surface area contributed by atoms with Crippen molar-refractivity contribution in [2.75, 3.05) is 0 Å². The van der Waals surface area contributed by atoms with Gasteiger partial charge in [-0.2, -0.15) is 0 Å². The molecular formula is C26H22ClFN2. The minimum absolute atomic E-state index is 0.159. The molecule has 4 heteroatoms. The van der Waals surface area contributed by atoms with Gasteiger partial charge < -0.3 is 0 Å². The van der Waals surface area contributed by atoms with Crippen molar-refractivity contribution in [3.8, 4) is 11.4 Å². The first kappa shape index (κ1) is 20.2. The summed E-state index contributed by atoms with van der Waals surface area (Å²) in [5, 5.41) is 2.18. The van der Waals surface area contributed by atoms with Crippen LogP contribution in [0.4, 0.5) is 4.39 Å². The standard InChI is InChI=1S/C26H22ClFN2/c1-2-3-4-19-16-29-26(30-17-19)22-11-14-24-21(15-22)10-9-20(25(24)28)8-5-18-6-12-23(27)13-7-18/h2,6-7,9-17H,1,3-5,8H2. The number of nitrogens with zero attached hydrogens (tertiary/aromatic N) is 2. The summed E-state index contributed by atoms with van der Waals surface area (Å²) in [6.45, 7) is 3.74. The van der Waals surface area contributed by atoms with E-state index < -0.39 is 0 Å². The molecule has 0 atom stereocenters. The van der Waals surface area contributed by atoms with E-state index in [1.807, 2.05) is 73.1 Å². The fraction of sp³-hybridized carbons (Fsp3) is 0.154. The van der Waals surface area contributed by atoms with Crippen molar-refractivity contribution in [1.82, 2.24) is 9.97 Å². The van der Waals surface area contributed by atoms with E-state index >= 15 is 4.39 Å². The highest BCUT2D eigenvalue weighted by Crippen LogP contribution is 2.27. The largest absolute Gasteiger partial charge is 0.236 e. The lowest BCUT2D eigenvalue weighted by Gasteiger charge is -2.09. The molecule has 0 unspecified atom stereocenters. The van der Waals surface area contributed by atoms with Gasteiger partial charge in [-0.1, -0.05) is 54.1 Å². The number of hydrogen-bond acceptors (Lipinski definition) is 2. The summed E-state index contributed by atoms with van der Waals surface area (Å²) in [5.41, 5.74) is 3.82. The number of rotatable bonds is 7. The van der Waals surface area contributed by atoms with Crippen LogP contribution in [0.2, 0.25) is 5.02 Å². The van der Waals surface area contributed by atoms with Crippen LogP contribution in [0.15, 0.2) is 79.6 Å². The summed E-state index contributed by atoms with van der Waals surface area (Å²) >= 11 is 5.93. The van der Waals surface area contributed by atoms with E-state index in [2.05, 4.69) is 16.5 Å². The van der Waals surface area contributed by atoms with E-state index in [0.717, 1.165) is 41.3 Å². The van der Waals surface area contributed by atoms with Crippen molar-refractivity contribution in [3.05, 3.63) is 107 Å². The van der Waals surface area contributed by atoms with Gasteiger partial charge in [-0.3, -0.25) is 0 Å². The van der Waals surface area contributed by atoms with Crippen molar-refractivity contribution < 1.29 is 4.39 Å². The van der Waals surface area contributed by atoms with Crippen LogP contribution in [-0.2, 0) is 19.3 Å². The molecule has 1 aromatic heterocycles. The fourth-order valence-electron chi connectivity index (χ4n) is 3.50. The van der Waals surface area contributed by atoms with Gasteiger partial charge >= 0.3 is 0 Å². The summed E-state index contributed by atoms with van der Waals surface area (Å²) in [6.07, 6.45) is 8.76. The Hall–Kier alpha value is -3.04. The highest BCUT2D eigenvalue weighted by molar-refractivity contribution is 6.30. The fourth-order valence-corrected chi connectivity index (χ4v) is 3.63. The molecule has 2 nitrogen and oxygen atoms in total. The van der Waals surface area contributed by atoms with Crippen LogP contribution >= 0.6 is 11.6 Å². The summed E-state index contributed by atoms with van der Waals surface area (Å²) in [4.78, 5) is 8.94. The van der Waals surface area contributed by atoms with Crippen molar-refractivity contribution in [3.63, 3.8) is 0 Å². The average Bonchev–Trinajstić information content (AvgIpc) is 2.78. The lowest BCUT2D eigenvalue weighted by Crippen LogP contribution is -1.97. The Balaban J connectivity index is 1.54. The zero-order valence-electron chi connectivity index (χ0n) is 16.6. The maximum Gasteiger partial charge on any atom is 0.159 e. The number of allylic oxidation sites excluding steroid dienone is 1. The van der Waals surface area contributed by atoms with Crippen LogP contribution in [0.25, 0.3) is 22.2 Å². The number of aryl methyl sites for hydroxylation is 3. The Kier molecular flexibility index (Phi) is 6.20. The first-order valence-electron chi connectivity index (χ1n) is 10.0. The smallest absolute Gasteiger partial charge is 0.159 e. The molecule has 0 spiro atoms. The van der Waals surface area contributed by atoms with Crippen LogP contribution in [0, 0.1) is 5.82 Å². The van der Waals surface area contributed by atoms with Crippen molar-refractivity contribution in [1.29, 1.82) is 0 Å². The van der Waals surface area contributed by atoms with E-state index in [1.165, 1.54) is 0 Å². The Morgan fingerprint density at radius 3 is 2.37 bits per heavy atom. The Morgan fingerprint density at radius 1 is 0.867 bits per heavy atom. The number of fused-ring (bicyclic) bond motifs is 1. The molecule has 0 N–H and O–H groups in total. The van der Waals surface area contributed by atoms with Gasteiger partial charge in [-0.25, -0.2) is 14.4 Å². The summed E-state index contributed by atoms with van der Waals surface area (Å²) in [5.74, 6) is 0.486. The van der Waals surface area contributed by atoms with Gasteiger partial charge in [0.1, 0.15) is 5.82 Å². The topological polar surface area (TPSA) is 25.8 Å². The van der Waals surface area contributed by atoms with Gasteiger partial charge in [0, 0.05) is 28.4 Å². The third kappa shape index (κ3) is 4.58. The second-order valence-corrected chi connectivity index (χ2v) is 7.78. The van der Waals surface area contributed by atoms with Crippen molar-refractivity contribution >= 4 is 22.4 Å². The molecule has 0 radical (unpaired) electrons. The first-order valence-corrected chi connectivity index (χ1v) is 10.4. The molecule has 0 fully saturated rings. The number of aromatic nitrogens is 2. The average molecular weight is 417 g/mol. The predicted molar refractivity (Wildman–Crippen MR) is 122 cm³/mol. The SMILES string of the molecule is C=CCCc1cnc(-c2ccc3c(F)c(CCc4ccc(Cl)cc4)ccc3c2)nc1. The molecule has 0 saturated carbocycles. The van der Waals surface area contributed by atoms with Crippen LogP contribution in [0.1, 0.15) is 23.1 Å². The maximum atomic E-state index is 15.1. The van der Waals surface area contributed by atoms with Gasteiger partial charge in [0.25, 0.3) is 0 Å². The molecule has 1 heterocycles. The van der Waals surface area contributed by atoms with Gasteiger partial charge in [0.05, 0.1) is 0 Å². The van der Waals surface area contributed by atoms with Gasteiger partial charge in [0.2, 0.25) is 0 Å². The summed E-state index contributed by atoms with van der Waals surface area (Å²) < 4.78 is 15.1. The Labute approximate surface area is 181 Å². The van der Waals surface area contributed by atoms with E-state index in [4.69, 9.17) is 11.6 Å². The van der Waals surface area contributed by atoms with E-state index in [9.17, 15) is 0 Å². The maximum absolute atomic E-state index is 15.1. The molecule has 3 aromatic carbocycles. The van der Waals surface area contributed by atoms with Crippen molar-refractivity contribution in [2.24, 2.45) is 0 Å². The number of benzene rings is 3. The third-order valence-corrected chi connectivity index (χ3v) is 5.48. The summed E-state index contributed by atoms with van der Waals surface area (Å²) in [7, 11) is 0. The van der Waals surface area contributed by atoms with Gasteiger partial charge in [-0.15, -0.1) is 6.58 Å². The lowest BCUT2D eigenvalue weighted by atomic mass is 9.99. The molecule has 0 aliphatic rings. The van der Waals surface area contributed by atoms with Crippen LogP contribution in [0.3, 0.4) is 0 Å². The molecule has 4 aromatic rings. The highest BCUT2D eigenvalue weighted by Gasteiger charge is 2.10. The molecule has 150 valence electrons. The third-order valence-electron chi connectivity index (χ3n) is 5.23. The minimum Gasteiger partial charge on any atom is -0.236 e. The predicted octanol–water partition coefficient (Wildman–Crippen LogP) is 6.99. The minimum atomic E-state index is -0.159. The van der Waals surface area contributed by atoms with Crippen LogP contribution < -0.4 is 0 Å².